The Labute approximate surface area is 165 Å². The first-order valence-corrected chi connectivity index (χ1v) is 11.4. The highest BCUT2D eigenvalue weighted by atomic mass is 32.2. The summed E-state index contributed by atoms with van der Waals surface area (Å²) >= 11 is 1.49. The van der Waals surface area contributed by atoms with Crippen LogP contribution in [-0.4, -0.2) is 27.8 Å². The van der Waals surface area contributed by atoms with E-state index in [1.54, 1.807) is 44.4 Å². The van der Waals surface area contributed by atoms with Crippen LogP contribution in [0.4, 0.5) is 4.39 Å². The number of hydrogen-bond donors (Lipinski definition) is 1. The molecule has 0 saturated heterocycles. The number of methoxy groups -OCH3 is 1. The average Bonchev–Trinajstić information content (AvgIpc) is 2.62. The maximum atomic E-state index is 13.6. The molecule has 0 heterocycles. The van der Waals surface area contributed by atoms with Gasteiger partial charge in [-0.05, 0) is 47.7 Å². The van der Waals surface area contributed by atoms with Gasteiger partial charge in [-0.15, -0.1) is 0 Å². The number of halogens is 1. The van der Waals surface area contributed by atoms with Crippen LogP contribution < -0.4 is 9.46 Å². The van der Waals surface area contributed by atoms with Gasteiger partial charge in [-0.3, -0.25) is 0 Å². The first-order chi connectivity index (χ1) is 12.8. The van der Waals surface area contributed by atoms with Gasteiger partial charge in [0.15, 0.2) is 0 Å². The summed E-state index contributed by atoms with van der Waals surface area (Å²) in [6.07, 6.45) is 0. The van der Waals surface area contributed by atoms with Gasteiger partial charge in [0, 0.05) is 18.1 Å². The molecule has 148 valence electrons. The average molecular weight is 412 g/mol. The van der Waals surface area contributed by atoms with Gasteiger partial charge in [0.1, 0.15) is 11.6 Å². The van der Waals surface area contributed by atoms with E-state index in [9.17, 15) is 12.8 Å². The van der Waals surface area contributed by atoms with Crippen molar-refractivity contribution in [3.63, 3.8) is 0 Å². The van der Waals surface area contributed by atoms with Crippen LogP contribution in [0.15, 0.2) is 41.3 Å². The molecule has 0 fully saturated rings. The monoisotopic (exact) mass is 411 g/mol. The Balaban J connectivity index is 2.00. The van der Waals surface area contributed by atoms with Crippen LogP contribution in [0, 0.1) is 12.7 Å². The number of rotatable bonds is 9. The molecule has 1 N–H and O–H groups in total. The van der Waals surface area contributed by atoms with Gasteiger partial charge in [0.2, 0.25) is 10.0 Å². The highest BCUT2D eigenvalue weighted by Gasteiger charge is 2.20. The van der Waals surface area contributed by atoms with Crippen molar-refractivity contribution in [1.29, 1.82) is 0 Å². The molecule has 4 nitrogen and oxygen atoms in total. The molecule has 2 aromatic carbocycles. The molecule has 0 aromatic heterocycles. The second kappa shape index (κ2) is 9.57. The lowest BCUT2D eigenvalue weighted by molar-refractivity contribution is 0.406. The highest BCUT2D eigenvalue weighted by Crippen LogP contribution is 2.31. The van der Waals surface area contributed by atoms with Crippen molar-refractivity contribution >= 4 is 21.8 Å². The van der Waals surface area contributed by atoms with Crippen molar-refractivity contribution in [2.45, 2.75) is 37.3 Å². The van der Waals surface area contributed by atoms with Crippen molar-refractivity contribution in [2.75, 3.05) is 19.4 Å². The molecular weight excluding hydrogens is 385 g/mol. The Morgan fingerprint density at radius 2 is 1.93 bits per heavy atom. The van der Waals surface area contributed by atoms with Crippen LogP contribution in [0.25, 0.3) is 0 Å². The van der Waals surface area contributed by atoms with Crippen LogP contribution in [-0.2, 0) is 15.8 Å². The molecule has 7 heteroatoms. The van der Waals surface area contributed by atoms with E-state index in [4.69, 9.17) is 4.74 Å². The number of benzene rings is 2. The summed E-state index contributed by atoms with van der Waals surface area (Å²) in [5, 5.41) is 0. The van der Waals surface area contributed by atoms with E-state index in [0.717, 1.165) is 5.56 Å². The molecule has 0 aliphatic heterocycles. The number of sulfonamides is 1. The fraction of sp³-hybridized carbons (Fsp3) is 0.400. The third kappa shape index (κ3) is 5.70. The third-order valence-corrected chi connectivity index (χ3v) is 6.80. The van der Waals surface area contributed by atoms with Crippen molar-refractivity contribution in [3.05, 3.63) is 58.9 Å². The van der Waals surface area contributed by atoms with Crippen molar-refractivity contribution in [1.82, 2.24) is 4.72 Å². The minimum absolute atomic E-state index is 0.144. The molecule has 0 aliphatic rings. The minimum atomic E-state index is -3.62. The van der Waals surface area contributed by atoms with E-state index in [1.165, 1.54) is 17.8 Å². The van der Waals surface area contributed by atoms with Crippen LogP contribution in [0.3, 0.4) is 0 Å². The summed E-state index contributed by atoms with van der Waals surface area (Å²) in [6.45, 7) is 6.03. The van der Waals surface area contributed by atoms with Gasteiger partial charge >= 0.3 is 0 Å². The zero-order chi connectivity index (χ0) is 20.0. The quantitative estimate of drug-likeness (QED) is 0.618. The lowest BCUT2D eigenvalue weighted by Crippen LogP contribution is -2.27. The number of nitrogens with one attached hydrogen (secondary N) is 1. The molecule has 0 spiro atoms. The van der Waals surface area contributed by atoms with Crippen molar-refractivity contribution in [2.24, 2.45) is 0 Å². The van der Waals surface area contributed by atoms with Crippen LogP contribution in [0.5, 0.6) is 5.75 Å². The third-order valence-electron chi connectivity index (χ3n) is 4.19. The summed E-state index contributed by atoms with van der Waals surface area (Å²) < 4.78 is 47.0. The number of hydrogen-bond acceptors (Lipinski definition) is 4. The second-order valence-corrected chi connectivity index (χ2v) is 9.40. The predicted octanol–water partition coefficient (Wildman–Crippen LogP) is 4.48. The molecule has 2 aromatic rings. The summed E-state index contributed by atoms with van der Waals surface area (Å²) in [5.41, 5.74) is 2.12. The molecule has 0 saturated carbocycles. The normalized spacial score (nSPS) is 11.8. The van der Waals surface area contributed by atoms with Crippen molar-refractivity contribution in [3.8, 4) is 5.75 Å². The zero-order valence-electron chi connectivity index (χ0n) is 16.1. The van der Waals surface area contributed by atoms with Crippen LogP contribution in [0.1, 0.15) is 36.5 Å². The fourth-order valence-electron chi connectivity index (χ4n) is 2.72. The molecule has 27 heavy (non-hydrogen) atoms. The first-order valence-electron chi connectivity index (χ1n) is 8.75. The van der Waals surface area contributed by atoms with Gasteiger partial charge in [-0.25, -0.2) is 17.5 Å². The summed E-state index contributed by atoms with van der Waals surface area (Å²) in [7, 11) is -2.03. The zero-order valence-corrected chi connectivity index (χ0v) is 17.7. The van der Waals surface area contributed by atoms with E-state index in [1.807, 2.05) is 13.8 Å². The Kier molecular flexibility index (Phi) is 7.70. The standard InChI is InChI=1S/C20H26FNO3S2/c1-14(2)17-12-20(15(3)11-19(17)25-4)27(23,24)22-9-10-26-13-16-7-5-6-8-18(16)21/h5-8,11-12,14,22H,9-10,13H2,1-4H3. The Hall–Kier alpha value is -1.57. The predicted molar refractivity (Wildman–Crippen MR) is 110 cm³/mol. The first kappa shape index (κ1) is 21.7. The summed E-state index contributed by atoms with van der Waals surface area (Å²) in [6, 6.07) is 10.1. The van der Waals surface area contributed by atoms with Crippen molar-refractivity contribution < 1.29 is 17.5 Å². The van der Waals surface area contributed by atoms with E-state index in [2.05, 4.69) is 4.72 Å². The van der Waals surface area contributed by atoms with Gasteiger partial charge in [0.05, 0.1) is 12.0 Å². The van der Waals surface area contributed by atoms with Crippen LogP contribution >= 0.6 is 11.8 Å². The topological polar surface area (TPSA) is 55.4 Å². The number of ether oxygens (including phenoxy) is 1. The largest absolute Gasteiger partial charge is 0.496 e. The number of thioether (sulfide) groups is 1. The SMILES string of the molecule is COc1cc(C)c(S(=O)(=O)NCCSCc2ccccc2F)cc1C(C)C. The molecule has 0 bridgehead atoms. The van der Waals surface area contributed by atoms with E-state index in [-0.39, 0.29) is 23.2 Å². The molecule has 2 rings (SSSR count). The maximum absolute atomic E-state index is 13.6. The Bertz CT molecular complexity index is 883. The molecule has 0 unspecified atom stereocenters. The molecular formula is C20H26FNO3S2. The molecule has 0 amide bonds. The Morgan fingerprint density at radius 3 is 2.56 bits per heavy atom. The van der Waals surface area contributed by atoms with Gasteiger partial charge in [-0.1, -0.05) is 32.0 Å². The molecule has 0 atom stereocenters. The maximum Gasteiger partial charge on any atom is 0.240 e. The minimum Gasteiger partial charge on any atom is -0.496 e. The van der Waals surface area contributed by atoms with Crippen LogP contribution in [0.2, 0.25) is 0 Å². The fourth-order valence-corrected chi connectivity index (χ4v) is 4.98. The summed E-state index contributed by atoms with van der Waals surface area (Å²) in [5.74, 6) is 1.67. The van der Waals surface area contributed by atoms with E-state index >= 15 is 0 Å². The Morgan fingerprint density at radius 1 is 1.22 bits per heavy atom. The lowest BCUT2D eigenvalue weighted by atomic mass is 10.0. The second-order valence-electron chi connectivity index (χ2n) is 6.56. The smallest absolute Gasteiger partial charge is 0.240 e. The molecule has 0 aliphatic carbocycles. The van der Waals surface area contributed by atoms with E-state index < -0.39 is 10.0 Å². The number of aryl methyl sites for hydroxylation is 1. The lowest BCUT2D eigenvalue weighted by Gasteiger charge is -2.16. The summed E-state index contributed by atoms with van der Waals surface area (Å²) in [4.78, 5) is 0.270. The van der Waals surface area contributed by atoms with Gasteiger partial charge < -0.3 is 4.74 Å². The highest BCUT2D eigenvalue weighted by molar-refractivity contribution is 7.98. The molecule has 0 radical (unpaired) electrons. The van der Waals surface area contributed by atoms with Gasteiger partial charge in [0.25, 0.3) is 0 Å². The van der Waals surface area contributed by atoms with E-state index in [0.29, 0.717) is 28.4 Å². The van der Waals surface area contributed by atoms with Gasteiger partial charge in [-0.2, -0.15) is 11.8 Å².